The smallest absolute Gasteiger partial charge is 0.170 e. The molecule has 19 heavy (non-hydrogen) atoms. The Morgan fingerprint density at radius 1 is 1.37 bits per heavy atom. The fraction of sp³-hybridized carbons (Fsp3) is 0.462. The number of benzene rings is 1. The molecule has 0 aliphatic carbocycles. The third-order valence-corrected chi connectivity index (χ3v) is 5.27. The summed E-state index contributed by atoms with van der Waals surface area (Å²) in [6.07, 6.45) is 0.725. The fourth-order valence-corrected chi connectivity index (χ4v) is 4.15. The molecule has 0 bridgehead atoms. The second-order valence-electron chi connectivity index (χ2n) is 4.97. The van der Waals surface area contributed by atoms with Crippen LogP contribution in [-0.4, -0.2) is 31.6 Å². The summed E-state index contributed by atoms with van der Waals surface area (Å²) >= 11 is 5.19. The number of nitrogens with one attached hydrogen (secondary N) is 2. The van der Waals surface area contributed by atoms with Crippen molar-refractivity contribution < 1.29 is 8.42 Å². The summed E-state index contributed by atoms with van der Waals surface area (Å²) in [5.74, 6) is 0.743. The summed E-state index contributed by atoms with van der Waals surface area (Å²) in [5, 5.41) is 6.70. The second-order valence-corrected chi connectivity index (χ2v) is 7.61. The molecular formula is C13H18N2O2S2. The van der Waals surface area contributed by atoms with E-state index in [0.717, 1.165) is 12.1 Å². The van der Waals surface area contributed by atoms with Crippen LogP contribution in [0.2, 0.25) is 0 Å². The molecule has 0 amide bonds. The highest BCUT2D eigenvalue weighted by molar-refractivity contribution is 7.91. The molecule has 1 unspecified atom stereocenters. The summed E-state index contributed by atoms with van der Waals surface area (Å²) in [4.78, 5) is 0. The highest BCUT2D eigenvalue weighted by Gasteiger charge is 2.27. The zero-order valence-electron chi connectivity index (χ0n) is 10.8. The van der Waals surface area contributed by atoms with Crippen molar-refractivity contribution in [2.24, 2.45) is 5.92 Å². The molecular weight excluding hydrogens is 280 g/mol. The predicted octanol–water partition coefficient (Wildman–Crippen LogP) is 1.72. The van der Waals surface area contributed by atoms with E-state index < -0.39 is 9.84 Å². The Bertz CT molecular complexity index is 553. The van der Waals surface area contributed by atoms with E-state index >= 15 is 0 Å². The quantitative estimate of drug-likeness (QED) is 0.832. The van der Waals surface area contributed by atoms with Gasteiger partial charge in [-0.15, -0.1) is 0 Å². The fourth-order valence-electron chi connectivity index (χ4n) is 2.08. The van der Waals surface area contributed by atoms with Gasteiger partial charge < -0.3 is 10.6 Å². The topological polar surface area (TPSA) is 58.2 Å². The van der Waals surface area contributed by atoms with Crippen molar-refractivity contribution in [3.05, 3.63) is 29.8 Å². The molecule has 6 heteroatoms. The van der Waals surface area contributed by atoms with Crippen molar-refractivity contribution in [1.29, 1.82) is 0 Å². The number of thiocarbonyl (C=S) groups is 1. The summed E-state index contributed by atoms with van der Waals surface area (Å²) in [7, 11) is -2.81. The minimum Gasteiger partial charge on any atom is -0.362 e. The average Bonchev–Trinajstić information content (AvgIpc) is 2.69. The molecule has 1 aliphatic rings. The van der Waals surface area contributed by atoms with Crippen LogP contribution in [0.4, 0.5) is 5.69 Å². The van der Waals surface area contributed by atoms with Gasteiger partial charge in [0.25, 0.3) is 0 Å². The van der Waals surface area contributed by atoms with E-state index in [1.165, 1.54) is 5.56 Å². The lowest BCUT2D eigenvalue weighted by molar-refractivity contribution is 0.574. The van der Waals surface area contributed by atoms with Crippen molar-refractivity contribution in [3.8, 4) is 0 Å². The Morgan fingerprint density at radius 2 is 2.05 bits per heavy atom. The lowest BCUT2D eigenvalue weighted by atomic mass is 10.1. The van der Waals surface area contributed by atoms with Gasteiger partial charge in [0.15, 0.2) is 14.9 Å². The molecule has 2 rings (SSSR count). The van der Waals surface area contributed by atoms with E-state index in [-0.39, 0.29) is 11.7 Å². The molecule has 2 N–H and O–H groups in total. The van der Waals surface area contributed by atoms with Gasteiger partial charge in [0.05, 0.1) is 11.5 Å². The highest BCUT2D eigenvalue weighted by atomic mass is 32.2. The van der Waals surface area contributed by atoms with E-state index in [0.29, 0.717) is 17.4 Å². The minimum atomic E-state index is -2.81. The van der Waals surface area contributed by atoms with Gasteiger partial charge in [0.2, 0.25) is 0 Å². The summed E-state index contributed by atoms with van der Waals surface area (Å²) in [6, 6.07) is 7.94. The van der Waals surface area contributed by atoms with Crippen molar-refractivity contribution >= 4 is 32.9 Å². The van der Waals surface area contributed by atoms with Gasteiger partial charge in [0.1, 0.15) is 0 Å². The Morgan fingerprint density at radius 3 is 2.63 bits per heavy atom. The van der Waals surface area contributed by atoms with Gasteiger partial charge in [-0.2, -0.15) is 0 Å². The standard InChI is InChI=1S/C13H18N2O2S2/c1-10-2-4-12(5-3-10)15-13(18)14-8-11-6-7-19(16,17)9-11/h2-5,11H,6-9H2,1H3,(H2,14,15,18). The monoisotopic (exact) mass is 298 g/mol. The van der Waals surface area contributed by atoms with E-state index in [2.05, 4.69) is 10.6 Å². The van der Waals surface area contributed by atoms with E-state index in [9.17, 15) is 8.42 Å². The van der Waals surface area contributed by atoms with Gasteiger partial charge in [-0.1, -0.05) is 17.7 Å². The number of aryl methyl sites for hydroxylation is 1. The van der Waals surface area contributed by atoms with Crippen LogP contribution in [0.1, 0.15) is 12.0 Å². The summed E-state index contributed by atoms with van der Waals surface area (Å²) in [5.41, 5.74) is 2.13. The van der Waals surface area contributed by atoms with Crippen LogP contribution in [-0.2, 0) is 9.84 Å². The Balaban J connectivity index is 1.78. The molecule has 1 aliphatic heterocycles. The van der Waals surface area contributed by atoms with Crippen LogP contribution in [0.25, 0.3) is 0 Å². The van der Waals surface area contributed by atoms with Crippen molar-refractivity contribution in [2.75, 3.05) is 23.4 Å². The third kappa shape index (κ3) is 4.47. The summed E-state index contributed by atoms with van der Waals surface area (Å²) < 4.78 is 22.7. The van der Waals surface area contributed by atoms with Gasteiger partial charge >= 0.3 is 0 Å². The minimum absolute atomic E-state index is 0.169. The van der Waals surface area contributed by atoms with Crippen molar-refractivity contribution in [2.45, 2.75) is 13.3 Å². The Kier molecular flexibility index (Phi) is 4.42. The molecule has 4 nitrogen and oxygen atoms in total. The molecule has 104 valence electrons. The van der Waals surface area contributed by atoms with Gasteiger partial charge in [-0.05, 0) is 43.6 Å². The normalized spacial score (nSPS) is 21.0. The molecule has 1 saturated heterocycles. The van der Waals surface area contributed by atoms with E-state index in [4.69, 9.17) is 12.2 Å². The first-order valence-corrected chi connectivity index (χ1v) is 8.49. The lowest BCUT2D eigenvalue weighted by Gasteiger charge is -2.13. The number of hydrogen-bond acceptors (Lipinski definition) is 3. The van der Waals surface area contributed by atoms with Crippen LogP contribution in [0.5, 0.6) is 0 Å². The Hall–Kier alpha value is -1.14. The van der Waals surface area contributed by atoms with Crippen LogP contribution in [0, 0.1) is 12.8 Å². The largest absolute Gasteiger partial charge is 0.362 e. The van der Waals surface area contributed by atoms with E-state index in [1.54, 1.807) is 0 Å². The van der Waals surface area contributed by atoms with Gasteiger partial charge in [-0.25, -0.2) is 8.42 Å². The zero-order valence-corrected chi connectivity index (χ0v) is 12.5. The second kappa shape index (κ2) is 5.88. The lowest BCUT2D eigenvalue weighted by Crippen LogP contribution is -2.33. The molecule has 0 aromatic heterocycles. The molecule has 0 saturated carbocycles. The number of rotatable bonds is 3. The maximum atomic E-state index is 11.3. The Labute approximate surface area is 119 Å². The van der Waals surface area contributed by atoms with Crippen LogP contribution < -0.4 is 10.6 Å². The van der Waals surface area contributed by atoms with Crippen molar-refractivity contribution in [3.63, 3.8) is 0 Å². The van der Waals surface area contributed by atoms with Gasteiger partial charge in [0, 0.05) is 12.2 Å². The zero-order chi connectivity index (χ0) is 13.9. The number of hydrogen-bond donors (Lipinski definition) is 2. The summed E-state index contributed by atoms with van der Waals surface area (Å²) in [6.45, 7) is 2.64. The predicted molar refractivity (Wildman–Crippen MR) is 82.2 cm³/mol. The number of sulfone groups is 1. The van der Waals surface area contributed by atoms with E-state index in [1.807, 2.05) is 31.2 Å². The molecule has 1 fully saturated rings. The molecule has 1 atom stereocenters. The molecule has 1 aromatic rings. The number of anilines is 1. The first-order chi connectivity index (χ1) is 8.94. The van der Waals surface area contributed by atoms with Crippen LogP contribution in [0.3, 0.4) is 0 Å². The van der Waals surface area contributed by atoms with Crippen molar-refractivity contribution in [1.82, 2.24) is 5.32 Å². The molecule has 1 aromatic carbocycles. The molecule has 1 heterocycles. The maximum absolute atomic E-state index is 11.3. The molecule has 0 spiro atoms. The first-order valence-electron chi connectivity index (χ1n) is 6.26. The van der Waals surface area contributed by atoms with Crippen LogP contribution >= 0.6 is 12.2 Å². The first kappa shape index (κ1) is 14.3. The third-order valence-electron chi connectivity index (χ3n) is 3.19. The maximum Gasteiger partial charge on any atom is 0.170 e. The molecule has 0 radical (unpaired) electrons. The SMILES string of the molecule is Cc1ccc(NC(=S)NCC2CCS(=O)(=O)C2)cc1. The average molecular weight is 298 g/mol. The van der Waals surface area contributed by atoms with Gasteiger partial charge in [-0.3, -0.25) is 0 Å². The highest BCUT2D eigenvalue weighted by Crippen LogP contribution is 2.17. The van der Waals surface area contributed by atoms with Crippen LogP contribution in [0.15, 0.2) is 24.3 Å².